The van der Waals surface area contributed by atoms with Gasteiger partial charge < -0.3 is 14.2 Å². The molecule has 1 aliphatic rings. The summed E-state index contributed by atoms with van der Waals surface area (Å²) in [6, 6.07) is 23.0. The van der Waals surface area contributed by atoms with Crippen molar-refractivity contribution in [3.63, 3.8) is 0 Å². The Morgan fingerprint density at radius 2 is 1.77 bits per heavy atom. The monoisotopic (exact) mass is 610 g/mol. The van der Waals surface area contributed by atoms with Crippen LogP contribution in [0.2, 0.25) is 0 Å². The highest BCUT2D eigenvalue weighted by atomic mass is 32.1. The number of carbonyl (C=O) groups excluding carboxylic acids is 1. The van der Waals surface area contributed by atoms with Gasteiger partial charge in [0.25, 0.3) is 5.56 Å². The quantitative estimate of drug-likeness (QED) is 0.187. The lowest BCUT2D eigenvalue weighted by Crippen LogP contribution is -2.40. The molecule has 228 valence electrons. The summed E-state index contributed by atoms with van der Waals surface area (Å²) in [5, 5.41) is 0. The maximum atomic E-state index is 14.1. The van der Waals surface area contributed by atoms with Crippen LogP contribution in [0.5, 0.6) is 11.5 Å². The van der Waals surface area contributed by atoms with Crippen LogP contribution in [-0.4, -0.2) is 24.3 Å². The number of carbonyl (C=O) groups is 1. The zero-order chi connectivity index (χ0) is 31.2. The zero-order valence-corrected chi connectivity index (χ0v) is 26.6. The number of benzene rings is 3. The van der Waals surface area contributed by atoms with Gasteiger partial charge in [-0.25, -0.2) is 9.79 Å². The minimum absolute atomic E-state index is 0.215. The summed E-state index contributed by atoms with van der Waals surface area (Å²) in [4.78, 5) is 32.9. The third-order valence-corrected chi connectivity index (χ3v) is 8.52. The summed E-state index contributed by atoms with van der Waals surface area (Å²) in [5.74, 6) is 1.10. The summed E-state index contributed by atoms with van der Waals surface area (Å²) in [6.07, 6.45) is 3.23. The minimum Gasteiger partial charge on any atom is -0.493 e. The van der Waals surface area contributed by atoms with Crippen LogP contribution in [0.15, 0.2) is 93.9 Å². The highest BCUT2D eigenvalue weighted by Crippen LogP contribution is 2.33. The maximum Gasteiger partial charge on any atom is 0.338 e. The Hall–Kier alpha value is -4.43. The van der Waals surface area contributed by atoms with Gasteiger partial charge in [-0.3, -0.25) is 9.36 Å². The molecule has 0 saturated heterocycles. The summed E-state index contributed by atoms with van der Waals surface area (Å²) in [6.45, 7) is 8.75. The third kappa shape index (κ3) is 6.55. The molecule has 0 unspecified atom stereocenters. The summed E-state index contributed by atoms with van der Waals surface area (Å²) < 4.78 is 19.3. The normalized spacial score (nSPS) is 14.8. The molecular formula is C36H38N2O5S. The van der Waals surface area contributed by atoms with Crippen molar-refractivity contribution in [3.8, 4) is 11.5 Å². The van der Waals surface area contributed by atoms with Crippen LogP contribution in [0.25, 0.3) is 6.08 Å². The molecular weight excluding hydrogens is 572 g/mol. The van der Waals surface area contributed by atoms with Gasteiger partial charge in [0.1, 0.15) is 6.61 Å². The summed E-state index contributed by atoms with van der Waals surface area (Å²) >= 11 is 1.32. The minimum atomic E-state index is -0.640. The number of nitrogens with zero attached hydrogens (tertiary/aromatic N) is 2. The van der Waals surface area contributed by atoms with Gasteiger partial charge in [0.15, 0.2) is 16.3 Å². The highest BCUT2D eigenvalue weighted by Gasteiger charge is 2.34. The van der Waals surface area contributed by atoms with Crippen molar-refractivity contribution in [2.24, 2.45) is 4.99 Å². The first-order valence-corrected chi connectivity index (χ1v) is 15.8. The lowest BCUT2D eigenvalue weighted by atomic mass is 9.92. The van der Waals surface area contributed by atoms with Crippen molar-refractivity contribution in [1.29, 1.82) is 0 Å². The number of fused-ring (bicyclic) bond motifs is 1. The van der Waals surface area contributed by atoms with Crippen molar-refractivity contribution in [3.05, 3.63) is 126 Å². The van der Waals surface area contributed by atoms with E-state index in [1.54, 1.807) is 18.6 Å². The molecule has 1 aromatic heterocycles. The van der Waals surface area contributed by atoms with Gasteiger partial charge >= 0.3 is 5.97 Å². The molecule has 0 bridgehead atoms. The van der Waals surface area contributed by atoms with E-state index >= 15 is 0 Å². The molecule has 4 aromatic rings. The standard InChI is InChI=1S/C36H38N2O5S/c1-6-11-28-32(35(40)42-7-2)33(27-17-15-26(16-18-27)23(3)4)38-34(39)31(44-36(38)37-28)21-25-14-19-29(30(20-25)41-5)43-22-24-12-9-8-10-13-24/h8-10,12-21,23,33H,6-7,11,22H2,1-5H3/b31-21-/t33-/m0/s1. The Morgan fingerprint density at radius 3 is 2.43 bits per heavy atom. The van der Waals surface area contributed by atoms with Crippen molar-refractivity contribution in [2.45, 2.75) is 59.1 Å². The SMILES string of the molecule is CCCC1=C(C(=O)OCC)[C@H](c2ccc(C(C)C)cc2)n2c(s/c(=C\c3ccc(OCc4ccccc4)c(OC)c3)c2=O)=N1. The van der Waals surface area contributed by atoms with E-state index in [2.05, 4.69) is 26.0 Å². The first-order chi connectivity index (χ1) is 21.3. The second-order valence-corrected chi connectivity index (χ2v) is 11.9. The van der Waals surface area contributed by atoms with E-state index in [9.17, 15) is 9.59 Å². The van der Waals surface area contributed by atoms with E-state index in [1.165, 1.54) is 16.9 Å². The maximum absolute atomic E-state index is 14.1. The van der Waals surface area contributed by atoms with Crippen LogP contribution in [0.4, 0.5) is 0 Å². The van der Waals surface area contributed by atoms with Crippen molar-refractivity contribution >= 4 is 23.4 Å². The Kier molecular flexibility index (Phi) is 9.80. The molecule has 0 fully saturated rings. The van der Waals surface area contributed by atoms with Crippen molar-refractivity contribution < 1.29 is 19.0 Å². The number of hydrogen-bond acceptors (Lipinski definition) is 7. The number of rotatable bonds is 11. The predicted octanol–water partition coefficient (Wildman–Crippen LogP) is 6.29. The van der Waals surface area contributed by atoms with Gasteiger partial charge in [-0.05, 0) is 59.7 Å². The fourth-order valence-corrected chi connectivity index (χ4v) is 6.30. The number of ether oxygens (including phenoxy) is 3. The van der Waals surface area contributed by atoms with Gasteiger partial charge in [0.05, 0.1) is 35.6 Å². The Morgan fingerprint density at radius 1 is 1.02 bits per heavy atom. The van der Waals surface area contributed by atoms with Crippen LogP contribution >= 0.6 is 11.3 Å². The molecule has 3 aromatic carbocycles. The molecule has 44 heavy (non-hydrogen) atoms. The van der Waals surface area contributed by atoms with Crippen LogP contribution in [-0.2, 0) is 16.1 Å². The van der Waals surface area contributed by atoms with Crippen LogP contribution < -0.4 is 24.4 Å². The van der Waals surface area contributed by atoms with E-state index in [1.807, 2.05) is 73.7 Å². The van der Waals surface area contributed by atoms with Gasteiger partial charge in [-0.2, -0.15) is 0 Å². The van der Waals surface area contributed by atoms with Crippen LogP contribution in [0, 0.1) is 0 Å². The average Bonchev–Trinajstić information content (AvgIpc) is 3.34. The molecule has 1 atom stereocenters. The number of thiazole rings is 1. The van der Waals surface area contributed by atoms with E-state index in [0.717, 1.165) is 23.1 Å². The van der Waals surface area contributed by atoms with Gasteiger partial charge in [0, 0.05) is 0 Å². The Labute approximate surface area is 261 Å². The first kappa shape index (κ1) is 31.0. The zero-order valence-electron chi connectivity index (χ0n) is 25.8. The molecule has 0 radical (unpaired) electrons. The van der Waals surface area contributed by atoms with Crippen molar-refractivity contribution in [1.82, 2.24) is 4.57 Å². The lowest BCUT2D eigenvalue weighted by Gasteiger charge is -2.26. The van der Waals surface area contributed by atoms with E-state index < -0.39 is 12.0 Å². The summed E-state index contributed by atoms with van der Waals surface area (Å²) in [7, 11) is 1.60. The molecule has 0 N–H and O–H groups in total. The largest absolute Gasteiger partial charge is 0.493 e. The third-order valence-electron chi connectivity index (χ3n) is 7.53. The molecule has 7 nitrogen and oxygen atoms in total. The second kappa shape index (κ2) is 13.9. The fourth-order valence-electron chi connectivity index (χ4n) is 5.28. The van der Waals surface area contributed by atoms with Gasteiger partial charge in [0.2, 0.25) is 0 Å². The molecule has 0 saturated carbocycles. The summed E-state index contributed by atoms with van der Waals surface area (Å²) in [5.41, 5.74) is 4.74. The van der Waals surface area contributed by atoms with E-state index in [0.29, 0.717) is 51.0 Å². The number of aromatic nitrogens is 1. The molecule has 1 aliphatic heterocycles. The number of esters is 1. The smallest absolute Gasteiger partial charge is 0.338 e. The fraction of sp³-hybridized carbons (Fsp3) is 0.306. The highest BCUT2D eigenvalue weighted by molar-refractivity contribution is 7.07. The van der Waals surface area contributed by atoms with E-state index in [4.69, 9.17) is 19.2 Å². The van der Waals surface area contributed by atoms with E-state index in [-0.39, 0.29) is 12.2 Å². The second-order valence-electron chi connectivity index (χ2n) is 10.9. The number of methoxy groups -OCH3 is 1. The molecule has 2 heterocycles. The number of hydrogen-bond donors (Lipinski definition) is 0. The van der Waals surface area contributed by atoms with Crippen LogP contribution in [0.1, 0.15) is 74.8 Å². The predicted molar refractivity (Wildman–Crippen MR) is 174 cm³/mol. The lowest BCUT2D eigenvalue weighted by molar-refractivity contribution is -0.139. The molecule has 0 spiro atoms. The number of allylic oxidation sites excluding steroid dienone is 1. The van der Waals surface area contributed by atoms with Crippen LogP contribution in [0.3, 0.4) is 0 Å². The first-order valence-electron chi connectivity index (χ1n) is 15.0. The van der Waals surface area contributed by atoms with Gasteiger partial charge in [-0.15, -0.1) is 0 Å². The molecule has 8 heteroatoms. The topological polar surface area (TPSA) is 79.1 Å². The molecule has 0 aliphatic carbocycles. The Balaban J connectivity index is 1.59. The Bertz CT molecular complexity index is 1840. The molecule has 5 rings (SSSR count). The van der Waals surface area contributed by atoms with Crippen molar-refractivity contribution in [2.75, 3.05) is 13.7 Å². The average molecular weight is 611 g/mol. The van der Waals surface area contributed by atoms with Gasteiger partial charge in [-0.1, -0.05) is 99.2 Å². The molecule has 0 amide bonds.